The first-order valence-corrected chi connectivity index (χ1v) is 12.8. The Morgan fingerprint density at radius 2 is 1.53 bits per heavy atom. The number of carbonyl (C=O) groups is 2. The summed E-state index contributed by atoms with van der Waals surface area (Å²) < 4.78 is 0. The summed E-state index contributed by atoms with van der Waals surface area (Å²) in [6.07, 6.45) is 0.564. The summed E-state index contributed by atoms with van der Waals surface area (Å²) in [7, 11) is 0. The maximum atomic E-state index is 13.9. The van der Waals surface area contributed by atoms with Gasteiger partial charge in [0.05, 0.1) is 6.42 Å². The fourth-order valence-corrected chi connectivity index (χ4v) is 4.76. The van der Waals surface area contributed by atoms with Gasteiger partial charge in [-0.15, -0.1) is 0 Å². The quantitative estimate of drug-likeness (QED) is 0.356. The Morgan fingerprint density at radius 3 is 2.11 bits per heavy atom. The van der Waals surface area contributed by atoms with E-state index >= 15 is 0 Å². The topological polar surface area (TPSA) is 49.4 Å². The van der Waals surface area contributed by atoms with Crippen molar-refractivity contribution in [1.29, 1.82) is 0 Å². The van der Waals surface area contributed by atoms with Crippen LogP contribution in [0.3, 0.4) is 0 Å². The van der Waals surface area contributed by atoms with Crippen molar-refractivity contribution in [3.8, 4) is 0 Å². The highest BCUT2D eigenvalue weighted by molar-refractivity contribution is 6.35. The first-order chi connectivity index (χ1) is 16.9. The van der Waals surface area contributed by atoms with Gasteiger partial charge in [0.1, 0.15) is 6.04 Å². The van der Waals surface area contributed by atoms with Crippen LogP contribution in [0.2, 0.25) is 10.0 Å². The molecule has 0 saturated carbocycles. The van der Waals surface area contributed by atoms with E-state index in [0.29, 0.717) is 16.5 Å². The van der Waals surface area contributed by atoms with Gasteiger partial charge in [0, 0.05) is 28.5 Å². The molecule has 0 unspecified atom stereocenters. The zero-order chi connectivity index (χ0) is 26.5. The smallest absolute Gasteiger partial charge is 0.243 e. The first-order valence-electron chi connectivity index (χ1n) is 12.1. The monoisotopic (exact) mass is 524 g/mol. The van der Waals surface area contributed by atoms with Gasteiger partial charge in [-0.25, -0.2) is 0 Å². The molecule has 0 aliphatic rings. The zero-order valence-electron chi connectivity index (χ0n) is 21.6. The minimum absolute atomic E-state index is 0.143. The van der Waals surface area contributed by atoms with E-state index < -0.39 is 11.6 Å². The molecule has 0 fully saturated rings. The average Bonchev–Trinajstić information content (AvgIpc) is 2.76. The van der Waals surface area contributed by atoms with Crippen LogP contribution in [0.5, 0.6) is 0 Å². The molecule has 2 amide bonds. The van der Waals surface area contributed by atoms with Gasteiger partial charge in [0.2, 0.25) is 11.8 Å². The molecule has 3 rings (SSSR count). The van der Waals surface area contributed by atoms with Crippen LogP contribution in [-0.4, -0.2) is 28.3 Å². The van der Waals surface area contributed by atoms with Crippen LogP contribution in [0.1, 0.15) is 48.6 Å². The Labute approximate surface area is 224 Å². The summed E-state index contributed by atoms with van der Waals surface area (Å²) in [4.78, 5) is 29.2. The molecular formula is C30H34Cl2N2O2. The summed E-state index contributed by atoms with van der Waals surface area (Å²) in [6, 6.07) is 20.3. The number of nitrogens with one attached hydrogen (secondary N) is 1. The van der Waals surface area contributed by atoms with Gasteiger partial charge in [-0.2, -0.15) is 0 Å². The fourth-order valence-electron chi connectivity index (χ4n) is 4.29. The van der Waals surface area contributed by atoms with Crippen molar-refractivity contribution in [2.75, 3.05) is 0 Å². The molecule has 0 aliphatic heterocycles. The van der Waals surface area contributed by atoms with Gasteiger partial charge in [-0.3, -0.25) is 9.59 Å². The average molecular weight is 526 g/mol. The Hall–Kier alpha value is -2.82. The van der Waals surface area contributed by atoms with Crippen LogP contribution < -0.4 is 5.32 Å². The lowest BCUT2D eigenvalue weighted by Crippen LogP contribution is -2.54. The van der Waals surface area contributed by atoms with Crippen molar-refractivity contribution in [1.82, 2.24) is 10.2 Å². The Balaban J connectivity index is 2.04. The molecular weight excluding hydrogens is 491 g/mol. The summed E-state index contributed by atoms with van der Waals surface area (Å²) in [5, 5.41) is 4.06. The van der Waals surface area contributed by atoms with Crippen LogP contribution in [0.4, 0.5) is 0 Å². The van der Waals surface area contributed by atoms with Crippen molar-refractivity contribution in [3.05, 3.63) is 105 Å². The number of carbonyl (C=O) groups excluding carboxylic acids is 2. The number of aryl methyl sites for hydroxylation is 2. The van der Waals surface area contributed by atoms with Crippen LogP contribution >= 0.6 is 23.2 Å². The highest BCUT2D eigenvalue weighted by atomic mass is 35.5. The molecule has 6 heteroatoms. The molecule has 4 nitrogen and oxygen atoms in total. The van der Waals surface area contributed by atoms with Crippen LogP contribution in [0.15, 0.2) is 66.7 Å². The molecule has 36 heavy (non-hydrogen) atoms. The summed E-state index contributed by atoms with van der Waals surface area (Å²) in [5.74, 6) is -0.346. The van der Waals surface area contributed by atoms with Crippen molar-refractivity contribution in [3.63, 3.8) is 0 Å². The van der Waals surface area contributed by atoms with Gasteiger partial charge >= 0.3 is 0 Å². The molecule has 0 bridgehead atoms. The fraction of sp³-hybridized carbons (Fsp3) is 0.333. The van der Waals surface area contributed by atoms with Crippen molar-refractivity contribution in [2.24, 2.45) is 0 Å². The van der Waals surface area contributed by atoms with Gasteiger partial charge in [0.15, 0.2) is 0 Å². The molecule has 0 aliphatic carbocycles. The Morgan fingerprint density at radius 1 is 0.889 bits per heavy atom. The lowest BCUT2D eigenvalue weighted by molar-refractivity contribution is -0.141. The maximum absolute atomic E-state index is 13.9. The van der Waals surface area contributed by atoms with Gasteiger partial charge in [-0.1, -0.05) is 88.9 Å². The molecule has 190 valence electrons. The van der Waals surface area contributed by atoms with Crippen molar-refractivity contribution in [2.45, 2.75) is 65.6 Å². The highest BCUT2D eigenvalue weighted by Crippen LogP contribution is 2.25. The van der Waals surface area contributed by atoms with Gasteiger partial charge in [-0.05, 0) is 63.4 Å². The van der Waals surface area contributed by atoms with Gasteiger partial charge in [0.25, 0.3) is 0 Å². The third kappa shape index (κ3) is 8.11. The second-order valence-electron chi connectivity index (χ2n) is 10.4. The minimum atomic E-state index is -0.725. The molecule has 0 saturated heterocycles. The van der Waals surface area contributed by atoms with E-state index in [-0.39, 0.29) is 24.8 Å². The molecule has 3 aromatic rings. The van der Waals surface area contributed by atoms with Crippen LogP contribution in [-0.2, 0) is 29.0 Å². The number of benzene rings is 3. The van der Waals surface area contributed by atoms with E-state index in [0.717, 1.165) is 27.8 Å². The van der Waals surface area contributed by atoms with E-state index in [2.05, 4.69) is 11.4 Å². The number of hydrogen-bond donors (Lipinski definition) is 1. The number of halogens is 2. The van der Waals surface area contributed by atoms with E-state index in [1.807, 2.05) is 83.1 Å². The van der Waals surface area contributed by atoms with Crippen LogP contribution in [0.25, 0.3) is 0 Å². The molecule has 0 spiro atoms. The molecule has 0 radical (unpaired) electrons. The van der Waals surface area contributed by atoms with E-state index in [1.165, 1.54) is 0 Å². The standard InChI is InChI=1S/C30H34Cl2N2O2/c1-20-13-21(2)15-23(14-20)17-28(35)34(19-24-11-12-25(31)18-26(24)32)27(29(36)33-30(3,4)5)16-22-9-7-6-8-10-22/h6-15,18,27H,16-17,19H2,1-5H3,(H,33,36)/t27-/m0/s1. The zero-order valence-corrected chi connectivity index (χ0v) is 23.1. The summed E-state index contributed by atoms with van der Waals surface area (Å²) >= 11 is 12.6. The molecule has 3 aromatic carbocycles. The first kappa shape index (κ1) is 27.8. The number of nitrogens with zero attached hydrogens (tertiary/aromatic N) is 1. The Kier molecular flexibility index (Phi) is 9.21. The lowest BCUT2D eigenvalue weighted by atomic mass is 9.99. The van der Waals surface area contributed by atoms with E-state index in [9.17, 15) is 9.59 Å². The SMILES string of the molecule is Cc1cc(C)cc(CC(=O)N(Cc2ccc(Cl)cc2Cl)[C@@H](Cc2ccccc2)C(=O)NC(C)(C)C)c1. The van der Waals surface area contributed by atoms with Gasteiger partial charge < -0.3 is 10.2 Å². The predicted octanol–water partition coefficient (Wildman–Crippen LogP) is 6.71. The predicted molar refractivity (Wildman–Crippen MR) is 148 cm³/mol. The minimum Gasteiger partial charge on any atom is -0.350 e. The normalized spacial score (nSPS) is 12.2. The number of rotatable bonds is 8. The lowest BCUT2D eigenvalue weighted by Gasteiger charge is -2.34. The summed E-state index contributed by atoms with van der Waals surface area (Å²) in [6.45, 7) is 10.0. The van der Waals surface area contributed by atoms with E-state index in [4.69, 9.17) is 23.2 Å². The molecule has 0 aromatic heterocycles. The Bertz CT molecular complexity index is 1200. The van der Waals surface area contributed by atoms with E-state index in [1.54, 1.807) is 17.0 Å². The highest BCUT2D eigenvalue weighted by Gasteiger charge is 2.32. The second kappa shape index (κ2) is 11.9. The second-order valence-corrected chi connectivity index (χ2v) is 11.2. The van der Waals surface area contributed by atoms with Crippen molar-refractivity contribution >= 4 is 35.0 Å². The molecule has 1 atom stereocenters. The number of hydrogen-bond acceptors (Lipinski definition) is 2. The third-order valence-corrected chi connectivity index (χ3v) is 6.35. The largest absolute Gasteiger partial charge is 0.350 e. The number of amides is 2. The molecule has 1 N–H and O–H groups in total. The molecule has 0 heterocycles. The summed E-state index contributed by atoms with van der Waals surface area (Å²) in [5.41, 5.74) is 4.35. The third-order valence-electron chi connectivity index (χ3n) is 5.76. The van der Waals surface area contributed by atoms with Crippen LogP contribution in [0, 0.1) is 13.8 Å². The maximum Gasteiger partial charge on any atom is 0.243 e. The van der Waals surface area contributed by atoms with Crippen molar-refractivity contribution < 1.29 is 9.59 Å².